The van der Waals surface area contributed by atoms with Gasteiger partial charge in [-0.25, -0.2) is 0 Å². The van der Waals surface area contributed by atoms with E-state index in [0.29, 0.717) is 0 Å². The van der Waals surface area contributed by atoms with Crippen LogP contribution in [0, 0.1) is 0 Å². The lowest BCUT2D eigenvalue weighted by Crippen LogP contribution is -2.11. The van der Waals surface area contributed by atoms with Crippen molar-refractivity contribution in [2.24, 2.45) is 0 Å². The monoisotopic (exact) mass is 246 g/mol. The highest BCUT2D eigenvalue weighted by atomic mass is 16.5. The van der Waals surface area contributed by atoms with Gasteiger partial charge < -0.3 is 9.47 Å². The van der Waals surface area contributed by atoms with Crippen LogP contribution in [0.2, 0.25) is 0 Å². The molecule has 0 amide bonds. The van der Waals surface area contributed by atoms with Crippen LogP contribution in [0.15, 0.2) is 36.1 Å². The number of para-hydroxylation sites is 1. The van der Waals surface area contributed by atoms with E-state index in [1.54, 1.807) is 0 Å². The Labute approximate surface area is 110 Å². The molecule has 1 aliphatic heterocycles. The summed E-state index contributed by atoms with van der Waals surface area (Å²) in [5.74, 6) is 2.10. The van der Waals surface area contributed by atoms with E-state index in [4.69, 9.17) is 9.47 Å². The van der Waals surface area contributed by atoms with Crippen LogP contribution < -0.4 is 4.74 Å². The van der Waals surface area contributed by atoms with Crippen LogP contribution in [0.1, 0.15) is 38.7 Å². The van der Waals surface area contributed by atoms with Gasteiger partial charge in [0, 0.05) is 12.8 Å². The number of ether oxygens (including phenoxy) is 2. The van der Waals surface area contributed by atoms with Crippen LogP contribution in [0.3, 0.4) is 0 Å². The van der Waals surface area contributed by atoms with E-state index in [0.717, 1.165) is 31.0 Å². The average Bonchev–Trinajstić information content (AvgIpc) is 2.78. The lowest BCUT2D eigenvalue weighted by Gasteiger charge is -2.11. The minimum atomic E-state index is 0.140. The predicted molar refractivity (Wildman–Crippen MR) is 73.8 cm³/mol. The number of rotatable bonds is 6. The smallest absolute Gasteiger partial charge is 0.124 e. The maximum atomic E-state index is 5.91. The Morgan fingerprint density at radius 3 is 2.94 bits per heavy atom. The average molecular weight is 246 g/mol. The molecule has 2 rings (SSSR count). The molecule has 1 aromatic rings. The van der Waals surface area contributed by atoms with Crippen molar-refractivity contribution in [3.05, 3.63) is 41.7 Å². The Kier molecular flexibility index (Phi) is 4.68. The standard InChI is InChI=1S/C16H22O2/c1-3-5-9-14(17-4-2)12-15-11-13-8-6-7-10-16(13)18-15/h6-8,10,12,15H,3-5,9,11H2,1-2H3/b14-12+. The van der Waals surface area contributed by atoms with Crippen LogP contribution in [0.25, 0.3) is 0 Å². The van der Waals surface area contributed by atoms with Crippen molar-refractivity contribution >= 4 is 0 Å². The molecule has 1 atom stereocenters. The highest BCUT2D eigenvalue weighted by molar-refractivity contribution is 5.38. The van der Waals surface area contributed by atoms with E-state index in [9.17, 15) is 0 Å². The van der Waals surface area contributed by atoms with Crippen LogP contribution >= 0.6 is 0 Å². The summed E-state index contributed by atoms with van der Waals surface area (Å²) < 4.78 is 11.6. The lowest BCUT2D eigenvalue weighted by molar-refractivity contribution is 0.204. The summed E-state index contributed by atoms with van der Waals surface area (Å²) in [5.41, 5.74) is 1.30. The van der Waals surface area contributed by atoms with Gasteiger partial charge in [0.2, 0.25) is 0 Å². The molecule has 0 spiro atoms. The molecule has 0 saturated heterocycles. The summed E-state index contributed by atoms with van der Waals surface area (Å²) in [4.78, 5) is 0. The van der Waals surface area contributed by atoms with E-state index in [1.165, 1.54) is 18.4 Å². The molecule has 1 unspecified atom stereocenters. The van der Waals surface area contributed by atoms with Gasteiger partial charge in [-0.05, 0) is 31.1 Å². The Morgan fingerprint density at radius 1 is 1.39 bits per heavy atom. The SMILES string of the molecule is CCCC/C(=C\C1Cc2ccccc2O1)OCC. The summed E-state index contributed by atoms with van der Waals surface area (Å²) in [7, 11) is 0. The van der Waals surface area contributed by atoms with Crippen LogP contribution in [-0.2, 0) is 11.2 Å². The zero-order valence-corrected chi connectivity index (χ0v) is 11.3. The minimum absolute atomic E-state index is 0.140. The third-order valence-corrected chi connectivity index (χ3v) is 3.15. The first-order chi connectivity index (χ1) is 8.83. The molecule has 0 aliphatic carbocycles. The van der Waals surface area contributed by atoms with E-state index in [2.05, 4.69) is 25.1 Å². The third-order valence-electron chi connectivity index (χ3n) is 3.15. The van der Waals surface area contributed by atoms with Crippen molar-refractivity contribution in [3.63, 3.8) is 0 Å². The molecule has 18 heavy (non-hydrogen) atoms. The van der Waals surface area contributed by atoms with Crippen LogP contribution in [0.4, 0.5) is 0 Å². The Balaban J connectivity index is 2.00. The van der Waals surface area contributed by atoms with Crippen molar-refractivity contribution < 1.29 is 9.47 Å². The van der Waals surface area contributed by atoms with Gasteiger partial charge in [0.15, 0.2) is 0 Å². The highest BCUT2D eigenvalue weighted by Crippen LogP contribution is 2.29. The third kappa shape index (κ3) is 3.28. The summed E-state index contributed by atoms with van der Waals surface area (Å²) in [6.07, 6.45) is 6.63. The quantitative estimate of drug-likeness (QED) is 0.703. The predicted octanol–water partition coefficient (Wildman–Crippen LogP) is 4.10. The molecule has 0 radical (unpaired) electrons. The Bertz CT molecular complexity index is 384. The fourth-order valence-corrected chi connectivity index (χ4v) is 2.25. The van der Waals surface area contributed by atoms with Gasteiger partial charge in [-0.2, -0.15) is 0 Å². The topological polar surface area (TPSA) is 18.5 Å². The lowest BCUT2D eigenvalue weighted by atomic mass is 10.1. The molecule has 1 aromatic carbocycles. The molecule has 0 aromatic heterocycles. The van der Waals surface area contributed by atoms with Crippen molar-refractivity contribution in [2.75, 3.05) is 6.61 Å². The second-order valence-electron chi connectivity index (χ2n) is 4.64. The van der Waals surface area contributed by atoms with E-state index >= 15 is 0 Å². The molecule has 1 aliphatic rings. The zero-order valence-electron chi connectivity index (χ0n) is 11.3. The Hall–Kier alpha value is -1.44. The van der Waals surface area contributed by atoms with Gasteiger partial charge in [-0.1, -0.05) is 31.5 Å². The van der Waals surface area contributed by atoms with Gasteiger partial charge in [-0.3, -0.25) is 0 Å². The Morgan fingerprint density at radius 2 is 2.22 bits per heavy atom. The van der Waals surface area contributed by atoms with Crippen LogP contribution in [-0.4, -0.2) is 12.7 Å². The number of fused-ring (bicyclic) bond motifs is 1. The molecule has 0 saturated carbocycles. The van der Waals surface area contributed by atoms with Gasteiger partial charge in [-0.15, -0.1) is 0 Å². The molecule has 2 heteroatoms. The molecule has 2 nitrogen and oxygen atoms in total. The summed E-state index contributed by atoms with van der Waals surface area (Å²) in [5, 5.41) is 0. The molecule has 0 N–H and O–H groups in total. The second-order valence-corrected chi connectivity index (χ2v) is 4.64. The number of benzene rings is 1. The van der Waals surface area contributed by atoms with Crippen molar-refractivity contribution in [2.45, 2.75) is 45.6 Å². The normalized spacial score (nSPS) is 18.3. The molecule has 1 heterocycles. The largest absolute Gasteiger partial charge is 0.498 e. The second kappa shape index (κ2) is 6.48. The number of hydrogen-bond acceptors (Lipinski definition) is 2. The molecular weight excluding hydrogens is 224 g/mol. The van der Waals surface area contributed by atoms with Gasteiger partial charge in [0.25, 0.3) is 0 Å². The zero-order chi connectivity index (χ0) is 12.8. The fourth-order valence-electron chi connectivity index (χ4n) is 2.25. The van der Waals surface area contributed by atoms with Crippen molar-refractivity contribution in [1.82, 2.24) is 0 Å². The summed E-state index contributed by atoms with van der Waals surface area (Å²) >= 11 is 0. The first-order valence-corrected chi connectivity index (χ1v) is 6.91. The first-order valence-electron chi connectivity index (χ1n) is 6.91. The number of unbranched alkanes of at least 4 members (excludes halogenated alkanes) is 1. The van der Waals surface area contributed by atoms with Gasteiger partial charge in [0.1, 0.15) is 11.9 Å². The molecule has 0 fully saturated rings. The maximum Gasteiger partial charge on any atom is 0.124 e. The molecule has 98 valence electrons. The number of hydrogen-bond donors (Lipinski definition) is 0. The minimum Gasteiger partial charge on any atom is -0.498 e. The molecule has 0 bridgehead atoms. The fraction of sp³-hybridized carbons (Fsp3) is 0.500. The van der Waals surface area contributed by atoms with Crippen molar-refractivity contribution in [3.8, 4) is 5.75 Å². The van der Waals surface area contributed by atoms with Gasteiger partial charge in [0.05, 0.1) is 12.4 Å². The highest BCUT2D eigenvalue weighted by Gasteiger charge is 2.21. The van der Waals surface area contributed by atoms with E-state index in [1.807, 2.05) is 19.1 Å². The van der Waals surface area contributed by atoms with Gasteiger partial charge >= 0.3 is 0 Å². The maximum absolute atomic E-state index is 5.91. The van der Waals surface area contributed by atoms with Crippen LogP contribution in [0.5, 0.6) is 5.75 Å². The van der Waals surface area contributed by atoms with Crippen molar-refractivity contribution in [1.29, 1.82) is 0 Å². The number of allylic oxidation sites excluding steroid dienone is 1. The molecular formula is C16H22O2. The van der Waals surface area contributed by atoms with E-state index < -0.39 is 0 Å². The summed E-state index contributed by atoms with van der Waals surface area (Å²) in [6, 6.07) is 8.26. The summed E-state index contributed by atoms with van der Waals surface area (Å²) in [6.45, 7) is 4.96. The van der Waals surface area contributed by atoms with E-state index in [-0.39, 0.29) is 6.10 Å². The first kappa shape index (κ1) is 13.0.